The van der Waals surface area contributed by atoms with Crippen LogP contribution in [0.4, 0.5) is 4.79 Å². The van der Waals surface area contributed by atoms with E-state index in [4.69, 9.17) is 10.2 Å². The maximum absolute atomic E-state index is 10.2. The Bertz CT molecular complexity index is 227. The Hall–Kier alpha value is -0.930. The zero-order valence-corrected chi connectivity index (χ0v) is 7.46. The first kappa shape index (κ1) is 12.1. The zero-order chi connectivity index (χ0) is 11.7. The van der Waals surface area contributed by atoms with E-state index in [1.165, 1.54) is 0 Å². The van der Waals surface area contributed by atoms with Crippen LogP contribution in [-0.2, 0) is 4.74 Å². The fourth-order valence-corrected chi connectivity index (χ4v) is 1.45. The molecule has 8 nitrogen and oxygen atoms in total. The van der Waals surface area contributed by atoms with Crippen LogP contribution < -0.4 is 0 Å². The van der Waals surface area contributed by atoms with Crippen LogP contribution in [0.5, 0.6) is 0 Å². The van der Waals surface area contributed by atoms with E-state index >= 15 is 0 Å². The van der Waals surface area contributed by atoms with E-state index < -0.39 is 42.8 Å². The molecule has 0 radical (unpaired) electrons. The molecule has 1 aliphatic carbocycles. The molecule has 8 heteroatoms. The first-order valence-electron chi connectivity index (χ1n) is 4.16. The summed E-state index contributed by atoms with van der Waals surface area (Å²) < 4.78 is 4.09. The molecule has 6 atom stereocenters. The first-order chi connectivity index (χ1) is 6.86. The Morgan fingerprint density at radius 1 is 0.800 bits per heavy atom. The van der Waals surface area contributed by atoms with Crippen LogP contribution >= 0.6 is 0 Å². The van der Waals surface area contributed by atoms with E-state index in [1.54, 1.807) is 0 Å². The van der Waals surface area contributed by atoms with Gasteiger partial charge in [0.05, 0.1) is 0 Å². The molecule has 2 unspecified atom stereocenters. The minimum absolute atomic E-state index is 1.70. The molecular formula is C7H12O8. The molecule has 0 heterocycles. The number of hydrogen-bond donors (Lipinski definition) is 6. The zero-order valence-electron chi connectivity index (χ0n) is 7.46. The minimum atomic E-state index is -1.80. The summed E-state index contributed by atoms with van der Waals surface area (Å²) in [5.74, 6) is 0. The number of carbonyl (C=O) groups is 1. The molecule has 0 aromatic heterocycles. The summed E-state index contributed by atoms with van der Waals surface area (Å²) in [6.45, 7) is 0. The van der Waals surface area contributed by atoms with Gasteiger partial charge in [0, 0.05) is 0 Å². The minimum Gasteiger partial charge on any atom is -0.450 e. The maximum atomic E-state index is 10.2. The second-order valence-electron chi connectivity index (χ2n) is 3.30. The highest BCUT2D eigenvalue weighted by Crippen LogP contribution is 2.23. The standard InChI is InChI=1S/C7H12O8/c8-1-2(9)4(11)6(15-7(13)14)5(12)3(1)10/h1-6,8-12H,(H,13,14)/t1?,2-,3+,4-,5-,6?/m0/s1. The van der Waals surface area contributed by atoms with Gasteiger partial charge in [-0.05, 0) is 0 Å². The molecule has 0 aliphatic heterocycles. The quantitative estimate of drug-likeness (QED) is 0.256. The van der Waals surface area contributed by atoms with Gasteiger partial charge in [-0.3, -0.25) is 0 Å². The summed E-state index contributed by atoms with van der Waals surface area (Å²) in [4.78, 5) is 10.2. The molecule has 0 bridgehead atoms. The highest BCUT2D eigenvalue weighted by molar-refractivity contribution is 5.57. The molecule has 1 saturated carbocycles. The molecule has 0 aromatic rings. The van der Waals surface area contributed by atoms with Crippen LogP contribution in [0.3, 0.4) is 0 Å². The van der Waals surface area contributed by atoms with E-state index in [0.29, 0.717) is 0 Å². The van der Waals surface area contributed by atoms with Crippen molar-refractivity contribution in [2.45, 2.75) is 36.6 Å². The smallest absolute Gasteiger partial charge is 0.450 e. The van der Waals surface area contributed by atoms with Gasteiger partial charge in [0.25, 0.3) is 0 Å². The molecule has 0 saturated heterocycles. The lowest BCUT2D eigenvalue weighted by molar-refractivity contribution is -0.225. The van der Waals surface area contributed by atoms with E-state index in [0.717, 1.165) is 0 Å². The third-order valence-corrected chi connectivity index (χ3v) is 2.31. The van der Waals surface area contributed by atoms with Gasteiger partial charge in [0.15, 0.2) is 6.10 Å². The monoisotopic (exact) mass is 224 g/mol. The van der Waals surface area contributed by atoms with Gasteiger partial charge in [0.1, 0.15) is 30.5 Å². The van der Waals surface area contributed by atoms with Crippen LogP contribution in [0.25, 0.3) is 0 Å². The Morgan fingerprint density at radius 2 is 1.13 bits per heavy atom. The molecule has 6 N–H and O–H groups in total. The second-order valence-corrected chi connectivity index (χ2v) is 3.30. The van der Waals surface area contributed by atoms with Gasteiger partial charge in [-0.25, -0.2) is 4.79 Å². The number of hydrogen-bond acceptors (Lipinski definition) is 7. The third kappa shape index (κ3) is 2.19. The Labute approximate surface area is 84.0 Å². The molecule has 1 rings (SSSR count). The van der Waals surface area contributed by atoms with Gasteiger partial charge in [-0.1, -0.05) is 0 Å². The number of aliphatic hydroxyl groups is 5. The second kappa shape index (κ2) is 4.29. The summed E-state index contributed by atoms with van der Waals surface area (Å²) in [5, 5.41) is 54.3. The summed E-state index contributed by atoms with van der Waals surface area (Å²) in [6.07, 6.45) is -12.4. The molecule has 0 aromatic carbocycles. The van der Waals surface area contributed by atoms with Crippen LogP contribution in [0, 0.1) is 0 Å². The van der Waals surface area contributed by atoms with Gasteiger partial charge in [-0.2, -0.15) is 0 Å². The van der Waals surface area contributed by atoms with Crippen molar-refractivity contribution in [3.8, 4) is 0 Å². The van der Waals surface area contributed by atoms with Crippen molar-refractivity contribution in [3.63, 3.8) is 0 Å². The third-order valence-electron chi connectivity index (χ3n) is 2.31. The fourth-order valence-electron chi connectivity index (χ4n) is 1.45. The highest BCUT2D eigenvalue weighted by Gasteiger charge is 2.50. The summed E-state index contributed by atoms with van der Waals surface area (Å²) >= 11 is 0. The summed E-state index contributed by atoms with van der Waals surface area (Å²) in [7, 11) is 0. The lowest BCUT2D eigenvalue weighted by Gasteiger charge is -2.40. The normalized spacial score (nSPS) is 46.2. The predicted molar refractivity (Wildman–Crippen MR) is 42.9 cm³/mol. The molecule has 15 heavy (non-hydrogen) atoms. The number of carboxylic acid groups (broad SMARTS) is 1. The number of ether oxygens (including phenoxy) is 1. The van der Waals surface area contributed by atoms with Crippen LogP contribution in [0.15, 0.2) is 0 Å². The average molecular weight is 224 g/mol. The molecule has 88 valence electrons. The van der Waals surface area contributed by atoms with Gasteiger partial charge < -0.3 is 35.4 Å². The summed E-state index contributed by atoms with van der Waals surface area (Å²) in [5.41, 5.74) is 0. The lowest BCUT2D eigenvalue weighted by atomic mass is 9.85. The predicted octanol–water partition coefficient (Wildman–Crippen LogP) is -3.13. The molecule has 1 aliphatic rings. The number of rotatable bonds is 1. The van der Waals surface area contributed by atoms with Crippen molar-refractivity contribution < 1.29 is 40.2 Å². The van der Waals surface area contributed by atoms with Crippen LogP contribution in [0.1, 0.15) is 0 Å². The van der Waals surface area contributed by atoms with Crippen LogP contribution in [0.2, 0.25) is 0 Å². The Balaban J connectivity index is 2.81. The van der Waals surface area contributed by atoms with E-state index in [1.807, 2.05) is 0 Å². The first-order valence-corrected chi connectivity index (χ1v) is 4.16. The van der Waals surface area contributed by atoms with Crippen LogP contribution in [-0.4, -0.2) is 73.4 Å². The molecule has 0 spiro atoms. The largest absolute Gasteiger partial charge is 0.506 e. The Kier molecular flexibility index (Phi) is 3.47. The van der Waals surface area contributed by atoms with E-state index in [2.05, 4.69) is 4.74 Å². The van der Waals surface area contributed by atoms with Crippen molar-refractivity contribution in [3.05, 3.63) is 0 Å². The Morgan fingerprint density at radius 3 is 1.47 bits per heavy atom. The number of aliphatic hydroxyl groups excluding tert-OH is 5. The molecular weight excluding hydrogens is 212 g/mol. The van der Waals surface area contributed by atoms with Gasteiger partial charge >= 0.3 is 6.16 Å². The lowest BCUT2D eigenvalue weighted by Crippen LogP contribution is -2.64. The fraction of sp³-hybridized carbons (Fsp3) is 0.857. The average Bonchev–Trinajstić information content (AvgIpc) is 2.18. The highest BCUT2D eigenvalue weighted by atomic mass is 16.7. The van der Waals surface area contributed by atoms with E-state index in [9.17, 15) is 25.2 Å². The van der Waals surface area contributed by atoms with Crippen molar-refractivity contribution >= 4 is 6.16 Å². The molecule has 0 amide bonds. The van der Waals surface area contributed by atoms with Crippen molar-refractivity contribution in [1.29, 1.82) is 0 Å². The SMILES string of the molecule is O=C(O)OC1[C@@H](O)[C@H](O)C(O)[C@H](O)[C@@H]1O. The van der Waals surface area contributed by atoms with Crippen molar-refractivity contribution in [1.82, 2.24) is 0 Å². The van der Waals surface area contributed by atoms with Crippen molar-refractivity contribution in [2.24, 2.45) is 0 Å². The summed E-state index contributed by atoms with van der Waals surface area (Å²) in [6, 6.07) is 0. The van der Waals surface area contributed by atoms with Gasteiger partial charge in [0.2, 0.25) is 0 Å². The maximum Gasteiger partial charge on any atom is 0.506 e. The molecule has 1 fully saturated rings. The van der Waals surface area contributed by atoms with E-state index in [-0.39, 0.29) is 0 Å². The van der Waals surface area contributed by atoms with Crippen molar-refractivity contribution in [2.75, 3.05) is 0 Å². The van der Waals surface area contributed by atoms with Gasteiger partial charge in [-0.15, -0.1) is 0 Å². The topological polar surface area (TPSA) is 148 Å².